The third-order valence-corrected chi connectivity index (χ3v) is 2.16. The van der Waals surface area contributed by atoms with Gasteiger partial charge in [0.2, 0.25) is 0 Å². The number of Topliss-reactive ketones (excluding diaryl/α,β-unsaturated/α-hetero) is 1. The van der Waals surface area contributed by atoms with Crippen LogP contribution in [0.1, 0.15) is 37.0 Å². The molecule has 18 heavy (non-hydrogen) atoms. The molecule has 5 heteroatoms. The van der Waals surface area contributed by atoms with Gasteiger partial charge in [-0.1, -0.05) is 12.1 Å². The number of hydrogen-bond acceptors (Lipinski definition) is 2. The van der Waals surface area contributed by atoms with Crippen LogP contribution < -0.4 is 4.74 Å². The van der Waals surface area contributed by atoms with Crippen LogP contribution in [0.15, 0.2) is 24.3 Å². The van der Waals surface area contributed by atoms with Crippen LogP contribution in [0.25, 0.3) is 0 Å². The van der Waals surface area contributed by atoms with E-state index in [0.717, 1.165) is 0 Å². The van der Waals surface area contributed by atoms with Gasteiger partial charge in [-0.2, -0.15) is 13.2 Å². The molecule has 0 aromatic heterocycles. The van der Waals surface area contributed by atoms with E-state index in [2.05, 4.69) is 0 Å². The molecule has 0 N–H and O–H groups in total. The summed E-state index contributed by atoms with van der Waals surface area (Å²) in [5.41, 5.74) is 0.248. The van der Waals surface area contributed by atoms with Gasteiger partial charge in [-0.05, 0) is 26.0 Å². The molecule has 0 unspecified atom stereocenters. The summed E-state index contributed by atoms with van der Waals surface area (Å²) in [6.07, 6.45) is -5.98. The van der Waals surface area contributed by atoms with Crippen LogP contribution >= 0.6 is 0 Å². The number of hydrogen-bond donors (Lipinski definition) is 0. The van der Waals surface area contributed by atoms with Crippen LogP contribution in [-0.2, 0) is 0 Å². The lowest BCUT2D eigenvalue weighted by Crippen LogP contribution is -2.11. The van der Waals surface area contributed by atoms with E-state index < -0.39 is 24.8 Å². The summed E-state index contributed by atoms with van der Waals surface area (Å²) >= 11 is 0. The molecule has 0 aliphatic carbocycles. The van der Waals surface area contributed by atoms with Crippen molar-refractivity contribution in [1.82, 2.24) is 0 Å². The Kier molecular flexibility index (Phi) is 4.76. The van der Waals surface area contributed by atoms with Gasteiger partial charge >= 0.3 is 6.18 Å². The molecule has 0 aliphatic heterocycles. The molecular formula is C13H15F3O2. The van der Waals surface area contributed by atoms with Crippen LogP contribution in [0, 0.1) is 0 Å². The third-order valence-electron chi connectivity index (χ3n) is 2.16. The predicted octanol–water partition coefficient (Wildman–Crippen LogP) is 4.00. The van der Waals surface area contributed by atoms with Crippen molar-refractivity contribution in [2.45, 2.75) is 39.0 Å². The molecule has 0 aliphatic rings. The Morgan fingerprint density at radius 3 is 2.56 bits per heavy atom. The molecule has 0 atom stereocenters. The summed E-state index contributed by atoms with van der Waals surface area (Å²) in [7, 11) is 0. The monoisotopic (exact) mass is 260 g/mol. The van der Waals surface area contributed by atoms with E-state index in [1.165, 1.54) is 12.1 Å². The molecular weight excluding hydrogens is 245 g/mol. The summed E-state index contributed by atoms with van der Waals surface area (Å²) < 4.78 is 41.4. The van der Waals surface area contributed by atoms with E-state index in [0.29, 0.717) is 5.75 Å². The number of carbonyl (C=O) groups excluding carboxylic acids is 1. The van der Waals surface area contributed by atoms with Crippen LogP contribution in [0.5, 0.6) is 5.75 Å². The minimum Gasteiger partial charge on any atom is -0.491 e. The number of rotatable bonds is 5. The first kappa shape index (κ1) is 14.5. The Balaban J connectivity index is 2.68. The number of ether oxygens (including phenoxy) is 1. The first-order chi connectivity index (χ1) is 8.28. The largest absolute Gasteiger partial charge is 0.491 e. The number of carbonyl (C=O) groups is 1. The first-order valence-corrected chi connectivity index (χ1v) is 5.64. The van der Waals surface area contributed by atoms with Crippen molar-refractivity contribution < 1.29 is 22.7 Å². The van der Waals surface area contributed by atoms with E-state index in [1.54, 1.807) is 12.1 Å². The standard InChI is InChI=1S/C13H15F3O2/c1-9(2)18-11-5-3-4-10(8-11)12(17)6-7-13(14,15)16/h3-5,8-9H,6-7H2,1-2H3. The molecule has 0 amide bonds. The fourth-order valence-electron chi connectivity index (χ4n) is 1.41. The Bertz CT molecular complexity index is 411. The minimum absolute atomic E-state index is 0.0504. The summed E-state index contributed by atoms with van der Waals surface area (Å²) in [4.78, 5) is 11.6. The number of halogens is 3. The maximum Gasteiger partial charge on any atom is 0.389 e. The van der Waals surface area contributed by atoms with Crippen LogP contribution in [0.2, 0.25) is 0 Å². The molecule has 2 nitrogen and oxygen atoms in total. The highest BCUT2D eigenvalue weighted by Gasteiger charge is 2.28. The summed E-state index contributed by atoms with van der Waals surface area (Å²) in [6.45, 7) is 3.66. The molecule has 0 heterocycles. The maximum absolute atomic E-state index is 12.0. The van der Waals surface area contributed by atoms with E-state index in [9.17, 15) is 18.0 Å². The number of alkyl halides is 3. The molecule has 0 spiro atoms. The zero-order valence-corrected chi connectivity index (χ0v) is 10.3. The first-order valence-electron chi connectivity index (χ1n) is 5.64. The van der Waals surface area contributed by atoms with Crippen LogP contribution in [-0.4, -0.2) is 18.1 Å². The number of ketones is 1. The van der Waals surface area contributed by atoms with Gasteiger partial charge < -0.3 is 4.74 Å². The van der Waals surface area contributed by atoms with Crippen molar-refractivity contribution in [1.29, 1.82) is 0 Å². The van der Waals surface area contributed by atoms with Crippen molar-refractivity contribution in [3.8, 4) is 5.75 Å². The molecule has 0 fully saturated rings. The number of benzene rings is 1. The summed E-state index contributed by atoms with van der Waals surface area (Å²) in [5.74, 6) is -0.0376. The second-order valence-corrected chi connectivity index (χ2v) is 4.23. The summed E-state index contributed by atoms with van der Waals surface area (Å²) in [5, 5.41) is 0. The Morgan fingerprint density at radius 1 is 1.33 bits per heavy atom. The maximum atomic E-state index is 12.0. The molecule has 1 aromatic rings. The Hall–Kier alpha value is -1.52. The Labute approximate surface area is 104 Å². The van der Waals surface area contributed by atoms with E-state index in [1.807, 2.05) is 13.8 Å². The van der Waals surface area contributed by atoms with Crippen molar-refractivity contribution in [2.24, 2.45) is 0 Å². The van der Waals surface area contributed by atoms with Gasteiger partial charge in [0.1, 0.15) is 5.75 Å². The van der Waals surface area contributed by atoms with Gasteiger partial charge in [-0.25, -0.2) is 0 Å². The molecule has 0 saturated heterocycles. The second-order valence-electron chi connectivity index (χ2n) is 4.23. The second kappa shape index (κ2) is 5.89. The van der Waals surface area contributed by atoms with Crippen molar-refractivity contribution in [3.63, 3.8) is 0 Å². The molecule has 100 valence electrons. The minimum atomic E-state index is -4.30. The molecule has 1 aromatic carbocycles. The average Bonchev–Trinajstić information content (AvgIpc) is 2.24. The topological polar surface area (TPSA) is 26.3 Å². The van der Waals surface area contributed by atoms with Gasteiger partial charge in [0.15, 0.2) is 5.78 Å². The van der Waals surface area contributed by atoms with Crippen molar-refractivity contribution in [3.05, 3.63) is 29.8 Å². The third kappa shape index (κ3) is 5.21. The lowest BCUT2D eigenvalue weighted by molar-refractivity contribution is -0.133. The lowest BCUT2D eigenvalue weighted by atomic mass is 10.1. The smallest absolute Gasteiger partial charge is 0.389 e. The van der Waals surface area contributed by atoms with Gasteiger partial charge in [0.25, 0.3) is 0 Å². The average molecular weight is 260 g/mol. The van der Waals surface area contributed by atoms with Crippen molar-refractivity contribution >= 4 is 5.78 Å². The highest BCUT2D eigenvalue weighted by atomic mass is 19.4. The quantitative estimate of drug-likeness (QED) is 0.748. The van der Waals surface area contributed by atoms with Crippen molar-refractivity contribution in [2.75, 3.05) is 0 Å². The highest BCUT2D eigenvalue weighted by Crippen LogP contribution is 2.23. The van der Waals surface area contributed by atoms with Gasteiger partial charge in [0.05, 0.1) is 12.5 Å². The Morgan fingerprint density at radius 2 is 2.00 bits per heavy atom. The molecule has 0 saturated carbocycles. The fourth-order valence-corrected chi connectivity index (χ4v) is 1.41. The fraction of sp³-hybridized carbons (Fsp3) is 0.462. The van der Waals surface area contributed by atoms with E-state index in [-0.39, 0.29) is 11.7 Å². The molecule has 0 bridgehead atoms. The van der Waals surface area contributed by atoms with Crippen LogP contribution in [0.3, 0.4) is 0 Å². The van der Waals surface area contributed by atoms with Crippen LogP contribution in [0.4, 0.5) is 13.2 Å². The SMILES string of the molecule is CC(C)Oc1cccc(C(=O)CCC(F)(F)F)c1. The molecule has 1 rings (SSSR count). The van der Waals surface area contributed by atoms with Gasteiger partial charge in [-0.3, -0.25) is 4.79 Å². The molecule has 0 radical (unpaired) electrons. The zero-order valence-electron chi connectivity index (χ0n) is 10.3. The lowest BCUT2D eigenvalue weighted by Gasteiger charge is -2.10. The van der Waals surface area contributed by atoms with E-state index in [4.69, 9.17) is 4.74 Å². The summed E-state index contributed by atoms with van der Waals surface area (Å²) in [6, 6.07) is 6.23. The van der Waals surface area contributed by atoms with Gasteiger partial charge in [0, 0.05) is 12.0 Å². The normalized spacial score (nSPS) is 11.7. The van der Waals surface area contributed by atoms with E-state index >= 15 is 0 Å². The van der Waals surface area contributed by atoms with Gasteiger partial charge in [-0.15, -0.1) is 0 Å². The zero-order chi connectivity index (χ0) is 13.8. The predicted molar refractivity (Wildman–Crippen MR) is 61.8 cm³/mol. The highest BCUT2D eigenvalue weighted by molar-refractivity contribution is 5.96.